The molecule has 8 nitrogen and oxygen atoms in total. The van der Waals surface area contributed by atoms with Gasteiger partial charge < -0.3 is 14.8 Å². The SMILES string of the molecule is Cc1nc(C2CCN(C(=O)c3ccc4n(c3=O)C[C@@H]3CNC[C@H]4C3)CC2)n[nH]1.Cl.Cl. The number of pyridine rings is 1. The van der Waals surface area contributed by atoms with Gasteiger partial charge in [0.25, 0.3) is 11.5 Å². The molecule has 30 heavy (non-hydrogen) atoms. The molecule has 0 aliphatic carbocycles. The van der Waals surface area contributed by atoms with E-state index in [0.717, 1.165) is 49.7 Å². The minimum Gasteiger partial charge on any atom is -0.338 e. The summed E-state index contributed by atoms with van der Waals surface area (Å²) in [5, 5.41) is 10.6. The number of rotatable bonds is 2. The number of nitrogens with zero attached hydrogens (tertiary/aromatic N) is 4. The van der Waals surface area contributed by atoms with Crippen molar-refractivity contribution in [3.8, 4) is 0 Å². The number of nitrogens with one attached hydrogen (secondary N) is 2. The van der Waals surface area contributed by atoms with Crippen molar-refractivity contribution >= 4 is 30.7 Å². The Balaban J connectivity index is 0.00000128. The first kappa shape index (κ1) is 22.8. The number of fused-ring (bicyclic) bond motifs is 4. The van der Waals surface area contributed by atoms with Crippen LogP contribution in [0, 0.1) is 12.8 Å². The molecule has 0 spiro atoms. The van der Waals surface area contributed by atoms with Crippen LogP contribution in [-0.2, 0) is 6.54 Å². The van der Waals surface area contributed by atoms with E-state index in [1.54, 1.807) is 6.07 Å². The van der Waals surface area contributed by atoms with Gasteiger partial charge in [0, 0.05) is 43.7 Å². The average molecular weight is 455 g/mol. The van der Waals surface area contributed by atoms with Crippen LogP contribution < -0.4 is 10.9 Å². The monoisotopic (exact) mass is 454 g/mol. The Bertz CT molecular complexity index is 966. The topological polar surface area (TPSA) is 95.9 Å². The summed E-state index contributed by atoms with van der Waals surface area (Å²) in [5.74, 6) is 2.64. The first-order valence-corrected chi connectivity index (χ1v) is 10.2. The number of aromatic nitrogens is 4. The smallest absolute Gasteiger partial charge is 0.263 e. The van der Waals surface area contributed by atoms with E-state index in [1.807, 2.05) is 22.5 Å². The van der Waals surface area contributed by atoms with Gasteiger partial charge in [0.05, 0.1) is 0 Å². The van der Waals surface area contributed by atoms with Crippen LogP contribution >= 0.6 is 24.8 Å². The number of carbonyl (C=O) groups is 1. The number of hydrogen-bond donors (Lipinski definition) is 2. The maximum Gasteiger partial charge on any atom is 0.263 e. The predicted octanol–water partition coefficient (Wildman–Crippen LogP) is 1.84. The number of piperidine rings is 2. The van der Waals surface area contributed by atoms with Crippen LogP contribution in [0.4, 0.5) is 0 Å². The molecule has 10 heteroatoms. The Kier molecular flexibility index (Phi) is 6.89. The highest BCUT2D eigenvalue weighted by Gasteiger charge is 2.33. The van der Waals surface area contributed by atoms with Gasteiger partial charge in [-0.2, -0.15) is 5.10 Å². The molecule has 2 aromatic rings. The quantitative estimate of drug-likeness (QED) is 0.721. The zero-order valence-electron chi connectivity index (χ0n) is 17.0. The fourth-order valence-electron chi connectivity index (χ4n) is 5.01. The van der Waals surface area contributed by atoms with Gasteiger partial charge in [-0.3, -0.25) is 14.7 Å². The molecular formula is C20H28Cl2N6O2. The highest BCUT2D eigenvalue weighted by Crippen LogP contribution is 2.32. The highest BCUT2D eigenvalue weighted by molar-refractivity contribution is 5.94. The maximum atomic E-state index is 13.1. The molecule has 0 unspecified atom stereocenters. The van der Waals surface area contributed by atoms with Crippen LogP contribution in [0.2, 0.25) is 0 Å². The summed E-state index contributed by atoms with van der Waals surface area (Å²) in [5.41, 5.74) is 1.26. The zero-order chi connectivity index (χ0) is 19.3. The summed E-state index contributed by atoms with van der Waals surface area (Å²) in [6.45, 7) is 5.74. The fraction of sp³-hybridized carbons (Fsp3) is 0.600. The molecule has 2 aromatic heterocycles. The summed E-state index contributed by atoms with van der Waals surface area (Å²) in [7, 11) is 0. The van der Waals surface area contributed by atoms with E-state index in [4.69, 9.17) is 0 Å². The Hall–Kier alpha value is -1.90. The molecule has 1 amide bonds. The van der Waals surface area contributed by atoms with Gasteiger partial charge in [0.2, 0.25) is 0 Å². The molecule has 3 aliphatic heterocycles. The number of amides is 1. The Labute approximate surface area is 187 Å². The lowest BCUT2D eigenvalue weighted by atomic mass is 9.84. The van der Waals surface area contributed by atoms with Crippen LogP contribution in [0.3, 0.4) is 0 Å². The van der Waals surface area contributed by atoms with Crippen LogP contribution in [0.1, 0.15) is 58.8 Å². The molecule has 5 rings (SSSR count). The lowest BCUT2D eigenvalue weighted by Crippen LogP contribution is -2.47. The first-order chi connectivity index (χ1) is 13.6. The van der Waals surface area contributed by atoms with E-state index in [9.17, 15) is 9.59 Å². The Morgan fingerprint density at radius 2 is 1.90 bits per heavy atom. The van der Waals surface area contributed by atoms with Crippen LogP contribution in [0.15, 0.2) is 16.9 Å². The molecule has 3 aliphatic rings. The maximum absolute atomic E-state index is 13.1. The third-order valence-corrected chi connectivity index (χ3v) is 6.50. The second kappa shape index (κ2) is 9.08. The van der Waals surface area contributed by atoms with E-state index in [0.29, 0.717) is 37.0 Å². The molecule has 5 heterocycles. The molecule has 2 fully saturated rings. The first-order valence-electron chi connectivity index (χ1n) is 10.2. The van der Waals surface area contributed by atoms with E-state index < -0.39 is 0 Å². The van der Waals surface area contributed by atoms with Crippen molar-refractivity contribution in [3.05, 3.63) is 45.4 Å². The molecule has 0 radical (unpaired) electrons. The number of likely N-dealkylation sites (tertiary alicyclic amines) is 1. The van der Waals surface area contributed by atoms with E-state index in [-0.39, 0.29) is 42.2 Å². The minimum absolute atomic E-state index is 0. The summed E-state index contributed by atoms with van der Waals surface area (Å²) in [6, 6.07) is 3.74. The van der Waals surface area contributed by atoms with E-state index in [2.05, 4.69) is 20.5 Å². The van der Waals surface area contributed by atoms with Crippen LogP contribution in [0.25, 0.3) is 0 Å². The molecular weight excluding hydrogens is 427 g/mol. The van der Waals surface area contributed by atoms with Crippen molar-refractivity contribution in [3.63, 3.8) is 0 Å². The Morgan fingerprint density at radius 3 is 2.60 bits per heavy atom. The van der Waals surface area contributed by atoms with Gasteiger partial charge >= 0.3 is 0 Å². The van der Waals surface area contributed by atoms with Gasteiger partial charge in [0.15, 0.2) is 5.82 Å². The number of aryl methyl sites for hydroxylation is 1. The van der Waals surface area contributed by atoms with Crippen molar-refractivity contribution in [1.29, 1.82) is 0 Å². The molecule has 0 aromatic carbocycles. The standard InChI is InChI=1S/C20H26N6O2.2ClH/c1-12-22-18(24-23-12)14-4-6-25(7-5-14)19(27)16-2-3-17-15-8-13(9-21-10-15)11-26(17)20(16)28;;/h2-3,13-15,21H,4-11H2,1H3,(H,22,23,24);2*1H/t13-,15+;;/m0../s1. The lowest BCUT2D eigenvalue weighted by molar-refractivity contribution is 0.0708. The van der Waals surface area contributed by atoms with Gasteiger partial charge in [-0.1, -0.05) is 0 Å². The second-order valence-corrected chi connectivity index (χ2v) is 8.39. The molecule has 164 valence electrons. The second-order valence-electron chi connectivity index (χ2n) is 8.39. The van der Waals surface area contributed by atoms with Crippen LogP contribution in [0.5, 0.6) is 0 Å². The van der Waals surface area contributed by atoms with Gasteiger partial charge in [0.1, 0.15) is 11.4 Å². The van der Waals surface area contributed by atoms with Crippen molar-refractivity contribution in [2.24, 2.45) is 5.92 Å². The lowest BCUT2D eigenvalue weighted by Gasteiger charge is -2.37. The van der Waals surface area contributed by atoms with Crippen molar-refractivity contribution in [2.45, 2.75) is 44.6 Å². The number of carbonyl (C=O) groups excluding carboxylic acids is 1. The molecule has 0 saturated carbocycles. The number of halogens is 2. The molecule has 2 saturated heterocycles. The molecule has 2 N–H and O–H groups in total. The highest BCUT2D eigenvalue weighted by atomic mass is 35.5. The van der Waals surface area contributed by atoms with Gasteiger partial charge in [-0.05, 0) is 50.8 Å². The number of hydrogen-bond acceptors (Lipinski definition) is 5. The largest absolute Gasteiger partial charge is 0.338 e. The normalized spacial score (nSPS) is 23.2. The van der Waals surface area contributed by atoms with E-state index in [1.165, 1.54) is 0 Å². The molecule has 2 bridgehead atoms. The average Bonchev–Trinajstić information content (AvgIpc) is 3.15. The van der Waals surface area contributed by atoms with Crippen molar-refractivity contribution in [2.75, 3.05) is 26.2 Å². The van der Waals surface area contributed by atoms with Crippen molar-refractivity contribution in [1.82, 2.24) is 30.0 Å². The summed E-state index contributed by atoms with van der Waals surface area (Å²) < 4.78 is 1.86. The van der Waals surface area contributed by atoms with Gasteiger partial charge in [-0.25, -0.2) is 4.98 Å². The van der Waals surface area contributed by atoms with E-state index >= 15 is 0 Å². The Morgan fingerprint density at radius 1 is 1.13 bits per heavy atom. The zero-order valence-corrected chi connectivity index (χ0v) is 18.6. The third-order valence-electron chi connectivity index (χ3n) is 6.50. The number of aromatic amines is 1. The van der Waals surface area contributed by atoms with Crippen LogP contribution in [-0.4, -0.2) is 56.7 Å². The molecule has 2 atom stereocenters. The third kappa shape index (κ3) is 4.00. The van der Waals surface area contributed by atoms with Gasteiger partial charge in [-0.15, -0.1) is 24.8 Å². The summed E-state index contributed by atoms with van der Waals surface area (Å²) in [6.07, 6.45) is 2.78. The summed E-state index contributed by atoms with van der Waals surface area (Å²) in [4.78, 5) is 32.4. The minimum atomic E-state index is -0.140. The van der Waals surface area contributed by atoms with Crippen molar-refractivity contribution < 1.29 is 4.79 Å². The summed E-state index contributed by atoms with van der Waals surface area (Å²) >= 11 is 0. The fourth-order valence-corrected chi connectivity index (χ4v) is 5.01. The number of H-pyrrole nitrogens is 1. The predicted molar refractivity (Wildman–Crippen MR) is 118 cm³/mol.